The molecule has 1 aromatic heterocycles. The van der Waals surface area contributed by atoms with E-state index in [0.29, 0.717) is 11.3 Å². The Balaban J connectivity index is 2.57. The fourth-order valence-corrected chi connectivity index (χ4v) is 2.83. The normalized spacial score (nSPS) is 11.1. The van der Waals surface area contributed by atoms with Gasteiger partial charge in [-0.3, -0.25) is 4.79 Å². The van der Waals surface area contributed by atoms with E-state index in [1.54, 1.807) is 18.2 Å². The highest BCUT2D eigenvalue weighted by Gasteiger charge is 2.19. The SMILES string of the molecule is CCC(CC)n1c(CC(=O)CC=N)nc2cc(C(=O)O)ccc21. The molecule has 0 aliphatic carbocycles. The van der Waals surface area contributed by atoms with Crippen LogP contribution in [0.4, 0.5) is 0 Å². The molecule has 1 aromatic carbocycles. The Bertz CT molecular complexity index is 745. The molecule has 23 heavy (non-hydrogen) atoms. The van der Waals surface area contributed by atoms with Crippen molar-refractivity contribution in [3.63, 3.8) is 0 Å². The highest BCUT2D eigenvalue weighted by molar-refractivity contribution is 5.94. The molecule has 0 spiro atoms. The molecule has 6 nitrogen and oxygen atoms in total. The third-order valence-corrected chi connectivity index (χ3v) is 4.00. The summed E-state index contributed by atoms with van der Waals surface area (Å²) in [5.74, 6) is -0.422. The topological polar surface area (TPSA) is 96.0 Å². The van der Waals surface area contributed by atoms with Gasteiger partial charge in [0.1, 0.15) is 11.6 Å². The third kappa shape index (κ3) is 3.47. The number of benzene rings is 1. The number of carboxylic acid groups (broad SMARTS) is 1. The maximum atomic E-state index is 11.9. The number of aromatic carboxylic acids is 1. The summed E-state index contributed by atoms with van der Waals surface area (Å²) < 4.78 is 2.04. The van der Waals surface area contributed by atoms with E-state index in [1.807, 2.05) is 4.57 Å². The van der Waals surface area contributed by atoms with E-state index in [0.717, 1.165) is 24.6 Å². The van der Waals surface area contributed by atoms with E-state index < -0.39 is 5.97 Å². The largest absolute Gasteiger partial charge is 0.478 e. The van der Waals surface area contributed by atoms with E-state index in [-0.39, 0.29) is 30.2 Å². The Morgan fingerprint density at radius 3 is 2.61 bits per heavy atom. The van der Waals surface area contributed by atoms with Gasteiger partial charge in [0.05, 0.1) is 23.0 Å². The number of rotatable bonds is 8. The minimum Gasteiger partial charge on any atom is -0.478 e. The zero-order valence-electron chi connectivity index (χ0n) is 13.4. The Labute approximate surface area is 134 Å². The highest BCUT2D eigenvalue weighted by atomic mass is 16.4. The van der Waals surface area contributed by atoms with Crippen molar-refractivity contribution in [1.29, 1.82) is 5.41 Å². The monoisotopic (exact) mass is 315 g/mol. The molecule has 0 bridgehead atoms. The average molecular weight is 315 g/mol. The number of carboxylic acids is 1. The number of hydrogen-bond acceptors (Lipinski definition) is 4. The van der Waals surface area contributed by atoms with E-state index >= 15 is 0 Å². The van der Waals surface area contributed by atoms with Gasteiger partial charge >= 0.3 is 5.97 Å². The Kier molecular flexibility index (Phi) is 5.26. The van der Waals surface area contributed by atoms with Gasteiger partial charge in [0, 0.05) is 18.7 Å². The summed E-state index contributed by atoms with van der Waals surface area (Å²) in [5, 5.41) is 16.2. The summed E-state index contributed by atoms with van der Waals surface area (Å²) in [5.41, 5.74) is 1.62. The fraction of sp³-hybridized carbons (Fsp3) is 0.412. The Hall–Kier alpha value is -2.50. The van der Waals surface area contributed by atoms with Crippen LogP contribution in [0.1, 0.15) is 55.3 Å². The maximum Gasteiger partial charge on any atom is 0.335 e. The van der Waals surface area contributed by atoms with Crippen molar-refractivity contribution >= 4 is 29.0 Å². The number of aromatic nitrogens is 2. The molecule has 0 fully saturated rings. The Morgan fingerprint density at radius 2 is 2.04 bits per heavy atom. The quantitative estimate of drug-likeness (QED) is 0.731. The number of carbonyl (C=O) groups excluding carboxylic acids is 1. The van der Waals surface area contributed by atoms with Crippen molar-refractivity contribution in [2.24, 2.45) is 0 Å². The lowest BCUT2D eigenvalue weighted by Gasteiger charge is -2.18. The summed E-state index contributed by atoms with van der Waals surface area (Å²) in [6.45, 7) is 4.16. The summed E-state index contributed by atoms with van der Waals surface area (Å²) in [4.78, 5) is 27.5. The lowest BCUT2D eigenvalue weighted by molar-refractivity contribution is -0.117. The van der Waals surface area contributed by atoms with E-state index in [2.05, 4.69) is 18.8 Å². The molecule has 0 unspecified atom stereocenters. The molecule has 0 amide bonds. The number of ketones is 1. The van der Waals surface area contributed by atoms with Gasteiger partial charge in [0.25, 0.3) is 0 Å². The molecule has 0 aliphatic heterocycles. The number of imidazole rings is 1. The van der Waals surface area contributed by atoms with Crippen LogP contribution in [0.15, 0.2) is 18.2 Å². The molecule has 0 atom stereocenters. The molecule has 1 heterocycles. The molecular formula is C17H21N3O3. The zero-order chi connectivity index (χ0) is 17.0. The van der Waals surface area contributed by atoms with Crippen molar-refractivity contribution in [1.82, 2.24) is 9.55 Å². The van der Waals surface area contributed by atoms with E-state index in [9.17, 15) is 9.59 Å². The summed E-state index contributed by atoms with van der Waals surface area (Å²) in [7, 11) is 0. The number of nitrogens with one attached hydrogen (secondary N) is 1. The van der Waals surface area contributed by atoms with E-state index in [1.165, 1.54) is 0 Å². The van der Waals surface area contributed by atoms with Gasteiger partial charge in [-0.1, -0.05) is 13.8 Å². The van der Waals surface area contributed by atoms with Gasteiger partial charge in [-0.2, -0.15) is 0 Å². The van der Waals surface area contributed by atoms with Crippen LogP contribution in [0.3, 0.4) is 0 Å². The summed E-state index contributed by atoms with van der Waals surface area (Å²) in [6.07, 6.45) is 3.13. The number of fused-ring (bicyclic) bond motifs is 1. The van der Waals surface area contributed by atoms with Crippen LogP contribution in [0.2, 0.25) is 0 Å². The number of Topliss-reactive ketones (excluding diaryl/α,β-unsaturated/α-hetero) is 1. The van der Waals surface area contributed by atoms with Gasteiger partial charge in [-0.25, -0.2) is 9.78 Å². The second-order valence-electron chi connectivity index (χ2n) is 5.50. The molecule has 0 saturated carbocycles. The van der Waals surface area contributed by atoms with Crippen LogP contribution >= 0.6 is 0 Å². The molecule has 6 heteroatoms. The third-order valence-electron chi connectivity index (χ3n) is 4.00. The minimum atomic E-state index is -0.995. The number of hydrogen-bond donors (Lipinski definition) is 2. The van der Waals surface area contributed by atoms with Crippen LogP contribution in [0.25, 0.3) is 11.0 Å². The van der Waals surface area contributed by atoms with Crippen LogP contribution in [0, 0.1) is 5.41 Å². The van der Waals surface area contributed by atoms with Crippen LogP contribution in [0.5, 0.6) is 0 Å². The summed E-state index contributed by atoms with van der Waals surface area (Å²) >= 11 is 0. The molecule has 2 rings (SSSR count). The van der Waals surface area contributed by atoms with Gasteiger partial charge in [-0.15, -0.1) is 0 Å². The van der Waals surface area contributed by atoms with Gasteiger partial charge in [-0.05, 0) is 31.0 Å². The zero-order valence-corrected chi connectivity index (χ0v) is 13.4. The van der Waals surface area contributed by atoms with Crippen molar-refractivity contribution in [3.05, 3.63) is 29.6 Å². The second kappa shape index (κ2) is 7.17. The first-order valence-corrected chi connectivity index (χ1v) is 7.76. The number of carbonyl (C=O) groups is 2. The molecule has 122 valence electrons. The highest BCUT2D eigenvalue weighted by Crippen LogP contribution is 2.26. The first-order chi connectivity index (χ1) is 11.0. The Morgan fingerprint density at radius 1 is 1.35 bits per heavy atom. The first-order valence-electron chi connectivity index (χ1n) is 7.76. The van der Waals surface area contributed by atoms with Crippen LogP contribution in [-0.4, -0.2) is 32.6 Å². The van der Waals surface area contributed by atoms with Gasteiger partial charge < -0.3 is 15.1 Å². The van der Waals surface area contributed by atoms with E-state index in [4.69, 9.17) is 10.5 Å². The standard InChI is InChI=1S/C17H21N3O3/c1-3-12(4-2)20-15-6-5-11(17(22)23)9-14(15)19-16(20)10-13(21)7-8-18/h5-6,8-9,12,18H,3-4,7,10H2,1-2H3,(H,22,23). The van der Waals surface area contributed by atoms with Crippen molar-refractivity contribution in [2.45, 2.75) is 45.6 Å². The smallest absolute Gasteiger partial charge is 0.335 e. The number of nitrogens with zero attached hydrogens (tertiary/aromatic N) is 2. The molecule has 0 radical (unpaired) electrons. The fourth-order valence-electron chi connectivity index (χ4n) is 2.83. The first kappa shape index (κ1) is 16.9. The summed E-state index contributed by atoms with van der Waals surface area (Å²) in [6, 6.07) is 5.07. The van der Waals surface area contributed by atoms with Crippen molar-refractivity contribution < 1.29 is 14.7 Å². The predicted octanol–water partition coefficient (Wildman–Crippen LogP) is 3.25. The lowest BCUT2D eigenvalue weighted by atomic mass is 10.1. The molecular weight excluding hydrogens is 294 g/mol. The van der Waals surface area contributed by atoms with Gasteiger partial charge in [0.2, 0.25) is 0 Å². The average Bonchev–Trinajstić information content (AvgIpc) is 2.86. The molecule has 2 N–H and O–H groups in total. The minimum absolute atomic E-state index is 0.0685. The van der Waals surface area contributed by atoms with Gasteiger partial charge in [0.15, 0.2) is 0 Å². The second-order valence-corrected chi connectivity index (χ2v) is 5.50. The van der Waals surface area contributed by atoms with Crippen LogP contribution < -0.4 is 0 Å². The predicted molar refractivity (Wildman–Crippen MR) is 88.4 cm³/mol. The maximum absolute atomic E-state index is 11.9. The van der Waals surface area contributed by atoms with Crippen LogP contribution in [-0.2, 0) is 11.2 Å². The molecule has 0 saturated heterocycles. The van der Waals surface area contributed by atoms with Crippen molar-refractivity contribution in [2.75, 3.05) is 0 Å². The van der Waals surface area contributed by atoms with Crippen molar-refractivity contribution in [3.8, 4) is 0 Å². The lowest BCUT2D eigenvalue weighted by Crippen LogP contribution is -2.14. The molecule has 0 aliphatic rings. The molecule has 2 aromatic rings.